The first-order valence-electron chi connectivity index (χ1n) is 6.71. The van der Waals surface area contributed by atoms with Gasteiger partial charge in [0.2, 0.25) is 0 Å². The smallest absolute Gasteiger partial charge is 0.123 e. The highest BCUT2D eigenvalue weighted by Gasteiger charge is 2.16. The van der Waals surface area contributed by atoms with E-state index in [9.17, 15) is 4.39 Å². The molecule has 21 heavy (non-hydrogen) atoms. The summed E-state index contributed by atoms with van der Waals surface area (Å²) >= 11 is 7.90. The molecule has 1 heterocycles. The van der Waals surface area contributed by atoms with Crippen LogP contribution in [0.2, 0.25) is 5.02 Å². The van der Waals surface area contributed by atoms with Crippen molar-refractivity contribution < 1.29 is 4.39 Å². The average Bonchev–Trinajstić information content (AvgIpc) is 2.86. The Bertz CT molecular complexity index is 797. The van der Waals surface area contributed by atoms with Crippen LogP contribution in [-0.2, 0) is 0 Å². The van der Waals surface area contributed by atoms with Crippen LogP contribution < -0.4 is 5.32 Å². The van der Waals surface area contributed by atoms with E-state index in [1.165, 1.54) is 6.07 Å². The van der Waals surface area contributed by atoms with Crippen molar-refractivity contribution in [2.75, 3.05) is 7.05 Å². The molecule has 3 aromatic rings. The predicted molar refractivity (Wildman–Crippen MR) is 88.9 cm³/mol. The van der Waals surface area contributed by atoms with E-state index in [1.54, 1.807) is 17.4 Å². The molecule has 1 N–H and O–H groups in total. The number of aryl methyl sites for hydroxylation is 1. The van der Waals surface area contributed by atoms with E-state index in [0.29, 0.717) is 0 Å². The van der Waals surface area contributed by atoms with Crippen LogP contribution in [0.25, 0.3) is 10.1 Å². The van der Waals surface area contributed by atoms with Crippen molar-refractivity contribution in [1.82, 2.24) is 5.32 Å². The molecule has 0 bridgehead atoms. The summed E-state index contributed by atoms with van der Waals surface area (Å²) in [5, 5.41) is 5.02. The van der Waals surface area contributed by atoms with Gasteiger partial charge in [-0.25, -0.2) is 4.39 Å². The first kappa shape index (κ1) is 14.5. The summed E-state index contributed by atoms with van der Waals surface area (Å²) in [6.07, 6.45) is 0. The van der Waals surface area contributed by atoms with Crippen LogP contribution in [0.3, 0.4) is 0 Å². The van der Waals surface area contributed by atoms with Gasteiger partial charge in [-0.15, -0.1) is 11.3 Å². The third-order valence-corrected chi connectivity index (χ3v) is 5.19. The summed E-state index contributed by atoms with van der Waals surface area (Å²) in [5.74, 6) is -0.203. The van der Waals surface area contributed by atoms with Gasteiger partial charge in [0.25, 0.3) is 0 Å². The minimum Gasteiger partial charge on any atom is -0.309 e. The molecule has 0 radical (unpaired) electrons. The van der Waals surface area contributed by atoms with Gasteiger partial charge in [0, 0.05) is 14.6 Å². The van der Waals surface area contributed by atoms with Gasteiger partial charge < -0.3 is 5.32 Å². The van der Waals surface area contributed by atoms with E-state index < -0.39 is 0 Å². The maximum Gasteiger partial charge on any atom is 0.123 e. The third-order valence-electron chi connectivity index (χ3n) is 3.60. The van der Waals surface area contributed by atoms with Gasteiger partial charge in [0.15, 0.2) is 0 Å². The topological polar surface area (TPSA) is 12.0 Å². The Balaban J connectivity index is 2.06. The zero-order valence-corrected chi connectivity index (χ0v) is 13.4. The molecule has 1 unspecified atom stereocenters. The second-order valence-corrected chi connectivity index (χ2v) is 6.58. The maximum absolute atomic E-state index is 13.3. The Morgan fingerprint density at radius 1 is 1.14 bits per heavy atom. The van der Waals surface area contributed by atoms with Crippen LogP contribution in [0.15, 0.2) is 42.5 Å². The molecule has 0 spiro atoms. The Morgan fingerprint density at radius 3 is 2.67 bits per heavy atom. The van der Waals surface area contributed by atoms with Gasteiger partial charge in [0.05, 0.1) is 6.04 Å². The van der Waals surface area contributed by atoms with Crippen LogP contribution in [0.5, 0.6) is 0 Å². The first-order valence-corrected chi connectivity index (χ1v) is 7.90. The fourth-order valence-electron chi connectivity index (χ4n) is 2.44. The van der Waals surface area contributed by atoms with E-state index >= 15 is 0 Å². The Labute approximate surface area is 132 Å². The summed E-state index contributed by atoms with van der Waals surface area (Å²) in [5.41, 5.74) is 2.17. The Morgan fingerprint density at radius 2 is 1.95 bits per heavy atom. The number of thiophene rings is 1. The summed E-state index contributed by atoms with van der Waals surface area (Å²) in [7, 11) is 1.92. The zero-order chi connectivity index (χ0) is 15.0. The predicted octanol–water partition coefficient (Wildman–Crippen LogP) is 5.31. The molecule has 1 aromatic heterocycles. The van der Waals surface area contributed by atoms with E-state index in [4.69, 9.17) is 11.6 Å². The zero-order valence-electron chi connectivity index (χ0n) is 11.8. The largest absolute Gasteiger partial charge is 0.309 e. The molecule has 0 aliphatic heterocycles. The van der Waals surface area contributed by atoms with Gasteiger partial charge >= 0.3 is 0 Å². The number of benzene rings is 2. The number of rotatable bonds is 3. The summed E-state index contributed by atoms with van der Waals surface area (Å²) < 4.78 is 14.4. The maximum atomic E-state index is 13.3. The van der Waals surface area contributed by atoms with Crippen LogP contribution in [0, 0.1) is 12.7 Å². The van der Waals surface area contributed by atoms with Crippen molar-refractivity contribution in [2.24, 2.45) is 0 Å². The molecule has 0 aliphatic rings. The number of halogens is 2. The Kier molecular flexibility index (Phi) is 3.98. The molecule has 0 saturated heterocycles. The number of fused-ring (bicyclic) bond motifs is 1. The van der Waals surface area contributed by atoms with Crippen molar-refractivity contribution in [3.8, 4) is 0 Å². The average molecular weight is 320 g/mol. The molecule has 0 saturated carbocycles. The molecule has 4 heteroatoms. The molecule has 2 aromatic carbocycles. The molecule has 0 amide bonds. The van der Waals surface area contributed by atoms with E-state index in [-0.39, 0.29) is 11.9 Å². The highest BCUT2D eigenvalue weighted by atomic mass is 35.5. The lowest BCUT2D eigenvalue weighted by Gasteiger charge is -2.15. The van der Waals surface area contributed by atoms with Gasteiger partial charge in [0.1, 0.15) is 5.82 Å². The summed E-state index contributed by atoms with van der Waals surface area (Å²) in [6.45, 7) is 1.99. The number of nitrogens with one attached hydrogen (secondary N) is 1. The monoisotopic (exact) mass is 319 g/mol. The third kappa shape index (κ3) is 2.82. The standard InChI is InChI=1S/C17H15ClFNS/c1-10-3-4-11(8-14(10)18)17(20-2)16-9-12-7-13(19)5-6-15(12)21-16/h3-9,17,20H,1-2H3. The second-order valence-electron chi connectivity index (χ2n) is 5.06. The van der Waals surface area contributed by atoms with Crippen LogP contribution in [0.1, 0.15) is 22.0 Å². The number of hydrogen-bond acceptors (Lipinski definition) is 2. The normalized spacial score (nSPS) is 12.8. The molecule has 1 atom stereocenters. The lowest BCUT2D eigenvalue weighted by atomic mass is 10.0. The van der Waals surface area contributed by atoms with Crippen LogP contribution in [-0.4, -0.2) is 7.05 Å². The quantitative estimate of drug-likeness (QED) is 0.689. The molecular weight excluding hydrogens is 305 g/mol. The van der Waals surface area contributed by atoms with Crippen LogP contribution in [0.4, 0.5) is 4.39 Å². The molecule has 1 nitrogen and oxygen atoms in total. The van der Waals surface area contributed by atoms with Crippen molar-refractivity contribution in [2.45, 2.75) is 13.0 Å². The van der Waals surface area contributed by atoms with E-state index in [2.05, 4.69) is 11.4 Å². The summed E-state index contributed by atoms with van der Waals surface area (Å²) in [6, 6.07) is 13.1. The minimum absolute atomic E-state index is 0.0589. The van der Waals surface area contributed by atoms with Gasteiger partial charge in [-0.2, -0.15) is 0 Å². The minimum atomic E-state index is -0.203. The molecule has 108 valence electrons. The highest BCUT2D eigenvalue weighted by Crippen LogP contribution is 2.34. The van der Waals surface area contributed by atoms with Crippen molar-refractivity contribution in [1.29, 1.82) is 0 Å². The second kappa shape index (κ2) is 5.76. The fraction of sp³-hybridized carbons (Fsp3) is 0.176. The van der Waals surface area contributed by atoms with E-state index in [0.717, 1.165) is 31.1 Å². The molecule has 0 aliphatic carbocycles. The van der Waals surface area contributed by atoms with Gasteiger partial charge in [-0.05, 0) is 60.8 Å². The highest BCUT2D eigenvalue weighted by molar-refractivity contribution is 7.19. The van der Waals surface area contributed by atoms with Crippen molar-refractivity contribution in [3.05, 3.63) is 69.3 Å². The van der Waals surface area contributed by atoms with Crippen LogP contribution >= 0.6 is 22.9 Å². The SMILES string of the molecule is CNC(c1ccc(C)c(Cl)c1)c1cc2cc(F)ccc2s1. The van der Waals surface area contributed by atoms with E-state index in [1.807, 2.05) is 38.2 Å². The lowest BCUT2D eigenvalue weighted by Crippen LogP contribution is -2.16. The first-order chi connectivity index (χ1) is 10.1. The van der Waals surface area contributed by atoms with Gasteiger partial charge in [-0.1, -0.05) is 23.7 Å². The molecular formula is C17H15ClFNS. The molecule has 0 fully saturated rings. The lowest BCUT2D eigenvalue weighted by molar-refractivity contribution is 0.630. The number of hydrogen-bond donors (Lipinski definition) is 1. The Hall–Kier alpha value is -1.42. The fourth-order valence-corrected chi connectivity index (χ4v) is 3.81. The van der Waals surface area contributed by atoms with Crippen molar-refractivity contribution in [3.63, 3.8) is 0 Å². The van der Waals surface area contributed by atoms with Gasteiger partial charge in [-0.3, -0.25) is 0 Å². The summed E-state index contributed by atoms with van der Waals surface area (Å²) in [4.78, 5) is 1.15. The van der Waals surface area contributed by atoms with Crippen molar-refractivity contribution >= 4 is 33.0 Å². The molecule has 3 rings (SSSR count).